The molecular formula is C15H18BrN3O2. The van der Waals surface area contributed by atoms with Gasteiger partial charge in [0, 0.05) is 23.8 Å². The average molecular weight is 352 g/mol. The predicted molar refractivity (Wildman–Crippen MR) is 83.6 cm³/mol. The van der Waals surface area contributed by atoms with Gasteiger partial charge in [0.15, 0.2) is 0 Å². The summed E-state index contributed by atoms with van der Waals surface area (Å²) in [4.78, 5) is 17.0. The average Bonchev–Trinajstić information content (AvgIpc) is 3.11. The maximum atomic E-state index is 12.5. The van der Waals surface area contributed by atoms with Crippen LogP contribution in [0, 0.1) is 0 Å². The van der Waals surface area contributed by atoms with Crippen molar-refractivity contribution in [3.05, 3.63) is 34.2 Å². The molecule has 1 amide bonds. The molecule has 0 saturated carbocycles. The fourth-order valence-corrected chi connectivity index (χ4v) is 2.99. The van der Waals surface area contributed by atoms with E-state index < -0.39 is 0 Å². The molecule has 0 aromatic carbocycles. The first-order chi connectivity index (χ1) is 10.2. The summed E-state index contributed by atoms with van der Waals surface area (Å²) in [6.45, 7) is 3.36. The Morgan fingerprint density at radius 3 is 3.14 bits per heavy atom. The summed E-state index contributed by atoms with van der Waals surface area (Å²) in [6.07, 6.45) is 4.83. The van der Waals surface area contributed by atoms with Gasteiger partial charge in [-0.1, -0.05) is 6.92 Å². The van der Waals surface area contributed by atoms with Crippen LogP contribution in [-0.4, -0.2) is 34.5 Å². The highest BCUT2D eigenvalue weighted by Gasteiger charge is 2.21. The minimum absolute atomic E-state index is 0.0899. The zero-order chi connectivity index (χ0) is 14.8. The second-order valence-electron chi connectivity index (χ2n) is 5.18. The molecule has 2 aromatic heterocycles. The van der Waals surface area contributed by atoms with E-state index in [4.69, 9.17) is 4.74 Å². The van der Waals surface area contributed by atoms with E-state index >= 15 is 0 Å². The maximum Gasteiger partial charge on any atom is 0.270 e. The molecule has 1 atom stereocenters. The second-order valence-corrected chi connectivity index (χ2v) is 6.10. The molecule has 1 aliphatic rings. The lowest BCUT2D eigenvalue weighted by Gasteiger charge is -2.11. The first-order valence-electron chi connectivity index (χ1n) is 7.25. The molecular weight excluding hydrogens is 334 g/mol. The van der Waals surface area contributed by atoms with Crippen molar-refractivity contribution in [2.45, 2.75) is 32.3 Å². The Morgan fingerprint density at radius 1 is 1.57 bits per heavy atom. The largest absolute Gasteiger partial charge is 0.376 e. The summed E-state index contributed by atoms with van der Waals surface area (Å²) in [5, 5.41) is 2.97. The highest BCUT2D eigenvalue weighted by atomic mass is 79.9. The van der Waals surface area contributed by atoms with Gasteiger partial charge in [0.2, 0.25) is 0 Å². The highest BCUT2D eigenvalue weighted by Crippen LogP contribution is 2.18. The summed E-state index contributed by atoms with van der Waals surface area (Å²) in [7, 11) is 0. The molecule has 1 unspecified atom stereocenters. The number of hydrogen-bond donors (Lipinski definition) is 1. The number of carbonyl (C=O) groups excluding carboxylic acids is 1. The number of rotatable bonds is 4. The van der Waals surface area contributed by atoms with Gasteiger partial charge in [0.05, 0.1) is 11.8 Å². The fraction of sp³-hybridized carbons (Fsp3) is 0.467. The van der Waals surface area contributed by atoms with Gasteiger partial charge >= 0.3 is 0 Å². The van der Waals surface area contributed by atoms with Crippen molar-refractivity contribution in [1.82, 2.24) is 14.7 Å². The van der Waals surface area contributed by atoms with Crippen LogP contribution in [0.25, 0.3) is 5.65 Å². The molecule has 3 heterocycles. The summed E-state index contributed by atoms with van der Waals surface area (Å²) in [6, 6.07) is 3.83. The van der Waals surface area contributed by atoms with Gasteiger partial charge in [-0.3, -0.25) is 9.20 Å². The third-order valence-corrected chi connectivity index (χ3v) is 4.19. The molecule has 0 bridgehead atoms. The Bertz CT molecular complexity index is 662. The Kier molecular flexibility index (Phi) is 4.26. The van der Waals surface area contributed by atoms with Gasteiger partial charge < -0.3 is 10.1 Å². The number of carbonyl (C=O) groups is 1. The van der Waals surface area contributed by atoms with Crippen LogP contribution in [0.1, 0.15) is 35.9 Å². The lowest BCUT2D eigenvalue weighted by Crippen LogP contribution is -2.33. The first-order valence-corrected chi connectivity index (χ1v) is 8.04. The molecule has 21 heavy (non-hydrogen) atoms. The summed E-state index contributed by atoms with van der Waals surface area (Å²) < 4.78 is 8.30. The SMILES string of the molecule is CCc1nc2ccc(Br)cn2c1C(=O)NCC1CCCO1. The third kappa shape index (κ3) is 2.96. The van der Waals surface area contributed by atoms with Crippen LogP contribution in [0.2, 0.25) is 0 Å². The quantitative estimate of drug-likeness (QED) is 0.920. The molecule has 5 nitrogen and oxygen atoms in total. The van der Waals surface area contributed by atoms with Crippen molar-refractivity contribution in [3.8, 4) is 0 Å². The monoisotopic (exact) mass is 351 g/mol. The van der Waals surface area contributed by atoms with Crippen LogP contribution in [0.5, 0.6) is 0 Å². The van der Waals surface area contributed by atoms with Gasteiger partial charge in [0.25, 0.3) is 5.91 Å². The Labute approximate surface area is 131 Å². The van der Waals surface area contributed by atoms with Crippen LogP contribution in [-0.2, 0) is 11.2 Å². The van der Waals surface area contributed by atoms with Crippen molar-refractivity contribution in [2.75, 3.05) is 13.2 Å². The van der Waals surface area contributed by atoms with E-state index in [1.54, 1.807) is 0 Å². The van der Waals surface area contributed by atoms with Crippen molar-refractivity contribution >= 4 is 27.5 Å². The molecule has 6 heteroatoms. The van der Waals surface area contributed by atoms with E-state index in [9.17, 15) is 4.79 Å². The van der Waals surface area contributed by atoms with Crippen LogP contribution in [0.3, 0.4) is 0 Å². The number of hydrogen-bond acceptors (Lipinski definition) is 3. The second kappa shape index (κ2) is 6.15. The van der Waals surface area contributed by atoms with Crippen LogP contribution in [0.15, 0.2) is 22.8 Å². The summed E-state index contributed by atoms with van der Waals surface area (Å²) in [5.74, 6) is -0.0899. The van der Waals surface area contributed by atoms with Gasteiger partial charge in [-0.05, 0) is 47.3 Å². The van der Waals surface area contributed by atoms with Crippen molar-refractivity contribution < 1.29 is 9.53 Å². The van der Waals surface area contributed by atoms with Gasteiger partial charge in [0.1, 0.15) is 11.3 Å². The van der Waals surface area contributed by atoms with E-state index in [1.165, 1.54) is 0 Å². The van der Waals surface area contributed by atoms with Crippen LogP contribution in [0.4, 0.5) is 0 Å². The van der Waals surface area contributed by atoms with Gasteiger partial charge in [-0.15, -0.1) is 0 Å². The van der Waals surface area contributed by atoms with E-state index in [-0.39, 0.29) is 12.0 Å². The van der Waals surface area contributed by atoms with Crippen molar-refractivity contribution in [2.24, 2.45) is 0 Å². The van der Waals surface area contributed by atoms with E-state index in [2.05, 4.69) is 26.2 Å². The number of imidazole rings is 1. The standard InChI is InChI=1S/C15H18BrN3O2/c1-2-12-14(15(20)17-8-11-4-3-7-21-11)19-9-10(16)5-6-13(19)18-12/h5-6,9,11H,2-4,7-8H2,1H3,(H,17,20). The number of aromatic nitrogens is 2. The van der Waals surface area contributed by atoms with Crippen LogP contribution >= 0.6 is 15.9 Å². The topological polar surface area (TPSA) is 55.6 Å². The molecule has 1 saturated heterocycles. The Morgan fingerprint density at radius 2 is 2.43 bits per heavy atom. The van der Waals surface area contributed by atoms with E-state index in [0.717, 1.165) is 41.7 Å². The lowest BCUT2D eigenvalue weighted by atomic mass is 10.2. The number of pyridine rings is 1. The highest BCUT2D eigenvalue weighted by molar-refractivity contribution is 9.10. The Hall–Kier alpha value is -1.40. The number of amides is 1. The predicted octanol–water partition coefficient (Wildman–Crippen LogP) is 2.57. The molecule has 3 rings (SSSR count). The number of nitrogens with zero attached hydrogens (tertiary/aromatic N) is 2. The smallest absolute Gasteiger partial charge is 0.270 e. The number of ether oxygens (including phenoxy) is 1. The first kappa shape index (κ1) is 14.5. The van der Waals surface area contributed by atoms with Gasteiger partial charge in [-0.2, -0.15) is 0 Å². The molecule has 2 aromatic rings. The molecule has 1 fully saturated rings. The molecule has 1 aliphatic heterocycles. The molecule has 112 valence electrons. The van der Waals surface area contributed by atoms with Crippen LogP contribution < -0.4 is 5.32 Å². The zero-order valence-corrected chi connectivity index (χ0v) is 13.5. The van der Waals surface area contributed by atoms with E-state index in [1.807, 2.05) is 29.7 Å². The number of aryl methyl sites for hydroxylation is 1. The van der Waals surface area contributed by atoms with Crippen molar-refractivity contribution in [1.29, 1.82) is 0 Å². The molecule has 0 spiro atoms. The minimum Gasteiger partial charge on any atom is -0.376 e. The number of nitrogens with one attached hydrogen (secondary N) is 1. The fourth-order valence-electron chi connectivity index (χ4n) is 2.65. The van der Waals surface area contributed by atoms with Crippen molar-refractivity contribution in [3.63, 3.8) is 0 Å². The minimum atomic E-state index is -0.0899. The third-order valence-electron chi connectivity index (χ3n) is 3.72. The Balaban J connectivity index is 1.86. The van der Waals surface area contributed by atoms with E-state index in [0.29, 0.717) is 12.2 Å². The summed E-state index contributed by atoms with van der Waals surface area (Å²) in [5.41, 5.74) is 2.22. The maximum absolute atomic E-state index is 12.5. The molecule has 0 aliphatic carbocycles. The number of fused-ring (bicyclic) bond motifs is 1. The zero-order valence-electron chi connectivity index (χ0n) is 11.9. The number of halogens is 1. The summed E-state index contributed by atoms with van der Waals surface area (Å²) >= 11 is 3.44. The molecule has 0 radical (unpaired) electrons. The lowest BCUT2D eigenvalue weighted by molar-refractivity contribution is 0.0852. The normalized spacial score (nSPS) is 18.3. The molecule has 1 N–H and O–H groups in total. The van der Waals surface area contributed by atoms with Gasteiger partial charge in [-0.25, -0.2) is 4.98 Å².